The summed E-state index contributed by atoms with van der Waals surface area (Å²) in [7, 11) is 1.57. The van der Waals surface area contributed by atoms with E-state index in [2.05, 4.69) is 5.32 Å². The molecule has 2 aliphatic rings. The van der Waals surface area contributed by atoms with E-state index in [4.69, 9.17) is 9.47 Å². The minimum atomic E-state index is -0.958. The van der Waals surface area contributed by atoms with Crippen molar-refractivity contribution in [3.05, 3.63) is 59.7 Å². The number of anilines is 1. The second-order valence-corrected chi connectivity index (χ2v) is 8.71. The van der Waals surface area contributed by atoms with E-state index in [1.165, 1.54) is 6.92 Å². The molecule has 1 saturated heterocycles. The third kappa shape index (κ3) is 4.81. The topological polar surface area (TPSA) is 102 Å². The molecule has 0 bridgehead atoms. The molecule has 1 N–H and O–H groups in total. The smallest absolute Gasteiger partial charge is 0.329 e. The molecule has 3 atom stereocenters. The molecule has 34 heavy (non-hydrogen) atoms. The number of nitrogens with one attached hydrogen (secondary N) is 1. The van der Waals surface area contributed by atoms with Crippen LogP contribution in [0, 0.1) is 11.8 Å². The molecule has 1 aliphatic heterocycles. The number of fused-ring (bicyclic) bond motifs is 1. The molecule has 1 saturated carbocycles. The summed E-state index contributed by atoms with van der Waals surface area (Å²) in [5.41, 5.74) is 1.79. The molecule has 8 nitrogen and oxygen atoms in total. The van der Waals surface area contributed by atoms with Crippen LogP contribution in [0.25, 0.3) is 0 Å². The van der Waals surface area contributed by atoms with Crippen LogP contribution < -0.4 is 10.1 Å². The lowest BCUT2D eigenvalue weighted by atomic mass is 9.81. The molecule has 0 radical (unpaired) electrons. The maximum absolute atomic E-state index is 12.7. The number of nitrogens with zero attached hydrogens (tertiary/aromatic N) is 1. The van der Waals surface area contributed by atoms with E-state index < -0.39 is 12.0 Å². The van der Waals surface area contributed by atoms with Crippen LogP contribution in [0.2, 0.25) is 0 Å². The summed E-state index contributed by atoms with van der Waals surface area (Å²) in [6.07, 6.45) is 3.26. The molecule has 0 spiro atoms. The number of carbonyl (C=O) groups is 4. The predicted molar refractivity (Wildman–Crippen MR) is 124 cm³/mol. The highest BCUT2D eigenvalue weighted by Crippen LogP contribution is 2.39. The number of hydrogen-bond acceptors (Lipinski definition) is 6. The minimum Gasteiger partial charge on any atom is -0.497 e. The number of hydrogen-bond donors (Lipinski definition) is 1. The third-order valence-electron chi connectivity index (χ3n) is 6.55. The van der Waals surface area contributed by atoms with Gasteiger partial charge in [0.15, 0.2) is 0 Å². The number of ether oxygens (including phenoxy) is 2. The van der Waals surface area contributed by atoms with E-state index >= 15 is 0 Å². The van der Waals surface area contributed by atoms with Crippen LogP contribution >= 0.6 is 0 Å². The van der Waals surface area contributed by atoms with Gasteiger partial charge in [0.1, 0.15) is 18.4 Å². The van der Waals surface area contributed by atoms with Crippen molar-refractivity contribution >= 4 is 29.4 Å². The van der Waals surface area contributed by atoms with Crippen molar-refractivity contribution in [2.75, 3.05) is 12.4 Å². The molecule has 4 rings (SSSR count). The molecule has 2 aromatic rings. The van der Waals surface area contributed by atoms with Gasteiger partial charge in [-0.25, -0.2) is 4.79 Å². The molecular weight excluding hydrogens is 436 g/mol. The van der Waals surface area contributed by atoms with Gasteiger partial charge in [-0.1, -0.05) is 25.0 Å². The Morgan fingerprint density at radius 3 is 2.12 bits per heavy atom. The van der Waals surface area contributed by atoms with Gasteiger partial charge in [-0.2, -0.15) is 0 Å². The van der Waals surface area contributed by atoms with Crippen LogP contribution in [0.3, 0.4) is 0 Å². The van der Waals surface area contributed by atoms with Crippen LogP contribution in [0.5, 0.6) is 5.75 Å². The molecular formula is C26H28N2O6. The van der Waals surface area contributed by atoms with Crippen molar-refractivity contribution in [1.29, 1.82) is 0 Å². The third-order valence-corrected chi connectivity index (χ3v) is 6.55. The molecule has 1 heterocycles. The van der Waals surface area contributed by atoms with E-state index in [1.807, 2.05) is 0 Å². The number of benzene rings is 2. The zero-order valence-electron chi connectivity index (χ0n) is 19.3. The largest absolute Gasteiger partial charge is 0.497 e. The van der Waals surface area contributed by atoms with Gasteiger partial charge in [-0.15, -0.1) is 0 Å². The average Bonchev–Trinajstić information content (AvgIpc) is 3.12. The van der Waals surface area contributed by atoms with E-state index in [9.17, 15) is 19.2 Å². The first kappa shape index (κ1) is 23.5. The zero-order chi connectivity index (χ0) is 24.2. The van der Waals surface area contributed by atoms with E-state index in [-0.39, 0.29) is 36.2 Å². The summed E-state index contributed by atoms with van der Waals surface area (Å²) in [6.45, 7) is 1.51. The van der Waals surface area contributed by atoms with Gasteiger partial charge in [0.2, 0.25) is 11.8 Å². The van der Waals surface area contributed by atoms with Gasteiger partial charge < -0.3 is 14.8 Å². The predicted octanol–water partition coefficient (Wildman–Crippen LogP) is 3.55. The van der Waals surface area contributed by atoms with Gasteiger partial charge in [-0.05, 0) is 61.7 Å². The van der Waals surface area contributed by atoms with Crippen molar-refractivity contribution in [1.82, 2.24) is 4.90 Å². The number of imide groups is 1. The van der Waals surface area contributed by atoms with Crippen molar-refractivity contribution in [2.24, 2.45) is 11.8 Å². The van der Waals surface area contributed by atoms with Crippen LogP contribution in [0.15, 0.2) is 48.5 Å². The van der Waals surface area contributed by atoms with Crippen molar-refractivity contribution in [2.45, 2.75) is 45.3 Å². The van der Waals surface area contributed by atoms with Crippen LogP contribution in [-0.2, 0) is 25.7 Å². The number of likely N-dealkylation sites (tertiary alicyclic amines) is 1. The summed E-state index contributed by atoms with van der Waals surface area (Å²) >= 11 is 0. The summed E-state index contributed by atoms with van der Waals surface area (Å²) in [5, 5.41) is 2.81. The molecule has 8 heteroatoms. The second kappa shape index (κ2) is 10.1. The number of rotatable bonds is 7. The molecule has 178 valence electrons. The molecule has 3 amide bonds. The monoisotopic (exact) mass is 464 g/mol. The Morgan fingerprint density at radius 1 is 0.971 bits per heavy atom. The molecule has 0 aromatic heterocycles. The lowest BCUT2D eigenvalue weighted by Crippen LogP contribution is -2.44. The first-order chi connectivity index (χ1) is 16.4. The molecule has 2 fully saturated rings. The number of carbonyl (C=O) groups excluding carboxylic acids is 4. The second-order valence-electron chi connectivity index (χ2n) is 8.71. The Morgan fingerprint density at radius 2 is 1.56 bits per heavy atom. The first-order valence-electron chi connectivity index (χ1n) is 11.5. The summed E-state index contributed by atoms with van der Waals surface area (Å²) in [6, 6.07) is 12.7. The van der Waals surface area contributed by atoms with Gasteiger partial charge in [-0.3, -0.25) is 19.3 Å². The maximum Gasteiger partial charge on any atom is 0.329 e. The standard InChI is InChI=1S/C26H28N2O6/c1-16(28-24(30)21-5-3-4-6-22(21)25(28)31)26(32)34-15-17-7-9-18(10-8-17)23(29)27-19-11-13-20(33-2)14-12-19/h7-14,16,21-22H,3-6,15H2,1-2H3,(H,27,29)/t16-,21-,22-/m0/s1. The number of esters is 1. The SMILES string of the molecule is COc1ccc(NC(=O)c2ccc(COC(=O)[C@H](C)N3C(=O)[C@H]4CCCC[C@@H]4C3=O)cc2)cc1. The zero-order valence-corrected chi connectivity index (χ0v) is 19.3. The van der Waals surface area contributed by atoms with Gasteiger partial charge in [0, 0.05) is 11.3 Å². The van der Waals surface area contributed by atoms with Gasteiger partial charge in [0.05, 0.1) is 18.9 Å². The Labute approximate surface area is 198 Å². The molecule has 1 aliphatic carbocycles. The fourth-order valence-electron chi connectivity index (χ4n) is 4.58. The summed E-state index contributed by atoms with van der Waals surface area (Å²) in [5.74, 6) is -1.31. The fourth-order valence-corrected chi connectivity index (χ4v) is 4.58. The highest BCUT2D eigenvalue weighted by atomic mass is 16.5. The van der Waals surface area contributed by atoms with E-state index in [1.54, 1.807) is 55.6 Å². The van der Waals surface area contributed by atoms with Crippen LogP contribution in [0.1, 0.15) is 48.5 Å². The van der Waals surface area contributed by atoms with Crippen molar-refractivity contribution in [3.8, 4) is 5.75 Å². The highest BCUT2D eigenvalue weighted by Gasteiger charge is 2.51. The van der Waals surface area contributed by atoms with E-state index in [0.717, 1.165) is 17.7 Å². The number of amides is 3. The first-order valence-corrected chi connectivity index (χ1v) is 11.5. The Hall–Kier alpha value is -3.68. The normalized spacial score (nSPS) is 20.5. The summed E-state index contributed by atoms with van der Waals surface area (Å²) < 4.78 is 10.5. The lowest BCUT2D eigenvalue weighted by Gasteiger charge is -2.21. The Bertz CT molecular complexity index is 1060. The van der Waals surface area contributed by atoms with Crippen molar-refractivity contribution in [3.63, 3.8) is 0 Å². The lowest BCUT2D eigenvalue weighted by molar-refractivity contribution is -0.159. The average molecular weight is 465 g/mol. The summed E-state index contributed by atoms with van der Waals surface area (Å²) in [4.78, 5) is 51.5. The van der Waals surface area contributed by atoms with Crippen LogP contribution in [-0.4, -0.2) is 41.7 Å². The fraction of sp³-hybridized carbons (Fsp3) is 0.385. The van der Waals surface area contributed by atoms with E-state index in [0.29, 0.717) is 35.4 Å². The number of methoxy groups -OCH3 is 1. The van der Waals surface area contributed by atoms with Crippen molar-refractivity contribution < 1.29 is 28.7 Å². The van der Waals surface area contributed by atoms with Gasteiger partial charge in [0.25, 0.3) is 5.91 Å². The van der Waals surface area contributed by atoms with Crippen LogP contribution in [0.4, 0.5) is 5.69 Å². The maximum atomic E-state index is 12.7. The quantitative estimate of drug-likeness (QED) is 0.497. The molecule has 2 aromatic carbocycles. The Balaban J connectivity index is 1.31. The van der Waals surface area contributed by atoms with Gasteiger partial charge >= 0.3 is 5.97 Å². The highest BCUT2D eigenvalue weighted by molar-refractivity contribution is 6.07. The molecule has 0 unspecified atom stereocenters. The Kier molecular flexibility index (Phi) is 6.95. The minimum absolute atomic E-state index is 0.0212.